The summed E-state index contributed by atoms with van der Waals surface area (Å²) in [4.78, 5) is 0. The second kappa shape index (κ2) is 7.81. The Morgan fingerprint density at radius 1 is 0.605 bits per heavy atom. The first-order valence-corrected chi connectivity index (χ1v) is 14.3. The summed E-state index contributed by atoms with van der Waals surface area (Å²) in [5.41, 5.74) is 12.7. The summed E-state index contributed by atoms with van der Waals surface area (Å²) < 4.78 is 12.2. The van der Waals surface area contributed by atoms with Gasteiger partial charge in [-0.25, -0.2) is 0 Å². The molecule has 4 aromatic carbocycles. The van der Waals surface area contributed by atoms with Crippen molar-refractivity contribution in [2.24, 2.45) is 0 Å². The molecule has 0 aliphatic heterocycles. The van der Waals surface area contributed by atoms with Gasteiger partial charge in [-0.15, -0.1) is 0 Å². The maximum absolute atomic E-state index is 6.85. The molecule has 0 fully saturated rings. The van der Waals surface area contributed by atoms with Gasteiger partial charge in [-0.2, -0.15) is 0 Å². The molecule has 0 unspecified atom stereocenters. The van der Waals surface area contributed by atoms with Crippen molar-refractivity contribution in [3.05, 3.63) is 104 Å². The lowest BCUT2D eigenvalue weighted by Crippen LogP contribution is -2.58. The lowest BCUT2D eigenvalue weighted by Gasteiger charge is -2.63. The van der Waals surface area contributed by atoms with Crippen LogP contribution in [0.4, 0.5) is 0 Å². The van der Waals surface area contributed by atoms with Crippen LogP contribution in [0, 0.1) is 0 Å². The van der Waals surface area contributed by atoms with Gasteiger partial charge >= 0.3 is 0 Å². The van der Waals surface area contributed by atoms with E-state index in [0.29, 0.717) is 0 Å². The van der Waals surface area contributed by atoms with Gasteiger partial charge in [0.1, 0.15) is 11.5 Å². The van der Waals surface area contributed by atoms with E-state index in [4.69, 9.17) is 32.7 Å². The van der Waals surface area contributed by atoms with Gasteiger partial charge in [0.05, 0.1) is 14.2 Å². The number of benzene rings is 4. The number of fused-ring (bicyclic) bond motifs is 4. The molecule has 0 amide bonds. The molecular weight excluding hydrogens is 511 g/mol. The first kappa shape index (κ1) is 23.0. The highest BCUT2D eigenvalue weighted by Gasteiger charge is 2.65. The topological polar surface area (TPSA) is 18.5 Å². The first-order chi connectivity index (χ1) is 18.5. The molecule has 0 saturated heterocycles. The van der Waals surface area contributed by atoms with E-state index < -0.39 is 0 Å². The van der Waals surface area contributed by atoms with Gasteiger partial charge in [-0.1, -0.05) is 47.5 Å². The number of aryl methyl sites for hydroxylation is 2. The molecule has 0 bridgehead atoms. The molecule has 4 heteroatoms. The zero-order chi connectivity index (χ0) is 25.8. The molecule has 0 heterocycles. The van der Waals surface area contributed by atoms with Gasteiger partial charge in [-0.05, 0) is 119 Å². The Kier molecular flexibility index (Phi) is 4.72. The fraction of sp³-hybridized carbons (Fsp3) is 0.294. The minimum atomic E-state index is -0.281. The third kappa shape index (κ3) is 2.52. The molecular formula is C34H28Cl2O2. The Morgan fingerprint density at radius 3 is 1.47 bits per heavy atom. The number of rotatable bonds is 2. The minimum Gasteiger partial charge on any atom is -0.496 e. The second-order valence-corrected chi connectivity index (χ2v) is 12.1. The summed E-state index contributed by atoms with van der Waals surface area (Å²) >= 11 is 13.7. The van der Waals surface area contributed by atoms with Crippen molar-refractivity contribution < 1.29 is 9.47 Å². The Labute approximate surface area is 233 Å². The highest BCUT2D eigenvalue weighted by molar-refractivity contribution is 6.31. The number of hydrogen-bond acceptors (Lipinski definition) is 2. The SMILES string of the molecule is COc1ccc2c3c1-c1ccc(Cl)cc1[C@@]14CCCc5ccc(OC)c(c51)-c1ccc(Cl)cc1[C@@]34CCC2. The quantitative estimate of drug-likeness (QED) is 0.253. The Hall–Kier alpha value is -2.94. The van der Waals surface area contributed by atoms with Crippen LogP contribution >= 0.6 is 23.2 Å². The summed E-state index contributed by atoms with van der Waals surface area (Å²) in [5, 5.41) is 1.55. The Bertz CT molecular complexity index is 1560. The van der Waals surface area contributed by atoms with Crippen molar-refractivity contribution in [3.8, 4) is 33.8 Å². The largest absolute Gasteiger partial charge is 0.496 e. The van der Waals surface area contributed by atoms with E-state index >= 15 is 0 Å². The fourth-order valence-corrected chi connectivity index (χ4v) is 9.23. The van der Waals surface area contributed by atoms with E-state index in [0.717, 1.165) is 60.1 Å². The number of hydrogen-bond donors (Lipinski definition) is 0. The van der Waals surface area contributed by atoms with Gasteiger partial charge in [0.2, 0.25) is 0 Å². The predicted octanol–water partition coefficient (Wildman–Crippen LogP) is 8.92. The summed E-state index contributed by atoms with van der Waals surface area (Å²) in [6.45, 7) is 0. The van der Waals surface area contributed by atoms with Crippen LogP contribution < -0.4 is 9.47 Å². The van der Waals surface area contributed by atoms with Crippen molar-refractivity contribution >= 4 is 23.2 Å². The third-order valence-corrected chi connectivity index (χ3v) is 10.4. The average Bonchev–Trinajstić information content (AvgIpc) is 2.94. The van der Waals surface area contributed by atoms with Gasteiger partial charge < -0.3 is 9.47 Å². The zero-order valence-corrected chi connectivity index (χ0v) is 23.1. The molecule has 4 aliphatic rings. The molecule has 8 rings (SSSR count). The van der Waals surface area contributed by atoms with E-state index in [1.54, 1.807) is 14.2 Å². The standard InChI is InChI=1S/C34H28Cl2O2/c1-37-27-13-7-19-5-3-15-33-26-18-22(36)10-12-24(26)30-28(38-2)14-8-20-6-4-16-34(33,32(20)30)25-17-21(35)9-11-23(25)29(27)31(19)33/h7-14,17-18H,3-6,15-16H2,1-2H3/t33-,34-/m0/s1. The minimum absolute atomic E-state index is 0.281. The molecule has 0 saturated carbocycles. The van der Waals surface area contributed by atoms with Crippen LogP contribution in [0.15, 0.2) is 60.7 Å². The van der Waals surface area contributed by atoms with Crippen LogP contribution in [0.25, 0.3) is 22.3 Å². The molecule has 2 nitrogen and oxygen atoms in total. The van der Waals surface area contributed by atoms with Gasteiger partial charge in [0.15, 0.2) is 0 Å². The van der Waals surface area contributed by atoms with Crippen molar-refractivity contribution in [1.82, 2.24) is 0 Å². The molecule has 4 aromatic rings. The lowest BCUT2D eigenvalue weighted by molar-refractivity contribution is 0.228. The van der Waals surface area contributed by atoms with E-state index in [2.05, 4.69) is 48.5 Å². The third-order valence-electron chi connectivity index (χ3n) is 9.95. The number of methoxy groups -OCH3 is 2. The van der Waals surface area contributed by atoms with E-state index in [9.17, 15) is 0 Å². The van der Waals surface area contributed by atoms with Crippen LogP contribution in [-0.2, 0) is 23.7 Å². The Morgan fingerprint density at radius 2 is 1.05 bits per heavy atom. The summed E-state index contributed by atoms with van der Waals surface area (Å²) in [5.74, 6) is 1.86. The summed E-state index contributed by atoms with van der Waals surface area (Å²) in [6.07, 6.45) is 6.49. The van der Waals surface area contributed by atoms with Crippen LogP contribution in [0.2, 0.25) is 10.0 Å². The molecule has 4 aliphatic carbocycles. The van der Waals surface area contributed by atoms with Crippen molar-refractivity contribution in [3.63, 3.8) is 0 Å². The van der Waals surface area contributed by atoms with Crippen LogP contribution in [-0.4, -0.2) is 14.2 Å². The lowest BCUT2D eigenvalue weighted by atomic mass is 9.39. The molecule has 190 valence electrons. The van der Waals surface area contributed by atoms with Gasteiger partial charge in [0.25, 0.3) is 0 Å². The maximum Gasteiger partial charge on any atom is 0.127 e. The van der Waals surface area contributed by atoms with Crippen molar-refractivity contribution in [1.29, 1.82) is 0 Å². The van der Waals surface area contributed by atoms with Crippen LogP contribution in [0.3, 0.4) is 0 Å². The highest BCUT2D eigenvalue weighted by Crippen LogP contribution is 2.73. The number of halogens is 2. The van der Waals surface area contributed by atoms with Crippen molar-refractivity contribution in [2.45, 2.75) is 49.4 Å². The highest BCUT2D eigenvalue weighted by atomic mass is 35.5. The van der Waals surface area contributed by atoms with Crippen LogP contribution in [0.1, 0.15) is 59.1 Å². The molecule has 38 heavy (non-hydrogen) atoms. The molecule has 0 aromatic heterocycles. The monoisotopic (exact) mass is 538 g/mol. The van der Waals surface area contributed by atoms with Gasteiger partial charge in [-0.3, -0.25) is 0 Å². The van der Waals surface area contributed by atoms with E-state index in [1.165, 1.54) is 55.6 Å². The van der Waals surface area contributed by atoms with E-state index in [1.807, 2.05) is 12.1 Å². The molecule has 0 radical (unpaired) electrons. The number of ether oxygens (including phenoxy) is 2. The first-order valence-electron chi connectivity index (χ1n) is 13.6. The average molecular weight is 540 g/mol. The molecule has 2 spiro atoms. The normalized spacial score (nSPS) is 23.4. The van der Waals surface area contributed by atoms with E-state index in [-0.39, 0.29) is 10.8 Å². The summed E-state index contributed by atoms with van der Waals surface area (Å²) in [7, 11) is 3.58. The predicted molar refractivity (Wildman–Crippen MR) is 154 cm³/mol. The molecule has 0 N–H and O–H groups in total. The summed E-state index contributed by atoms with van der Waals surface area (Å²) in [6, 6.07) is 22.0. The zero-order valence-electron chi connectivity index (χ0n) is 21.6. The maximum atomic E-state index is 6.85. The smallest absolute Gasteiger partial charge is 0.127 e. The van der Waals surface area contributed by atoms with Crippen LogP contribution in [0.5, 0.6) is 11.5 Å². The fourth-order valence-electron chi connectivity index (χ4n) is 8.89. The van der Waals surface area contributed by atoms with Gasteiger partial charge in [0, 0.05) is 32.0 Å². The van der Waals surface area contributed by atoms with Crippen molar-refractivity contribution in [2.75, 3.05) is 14.2 Å². The Balaban J connectivity index is 1.68. The second-order valence-electron chi connectivity index (χ2n) is 11.3. The molecule has 2 atom stereocenters.